The summed E-state index contributed by atoms with van der Waals surface area (Å²) in [4.78, 5) is 15.4. The summed E-state index contributed by atoms with van der Waals surface area (Å²) in [5.41, 5.74) is 2.19. The summed E-state index contributed by atoms with van der Waals surface area (Å²) < 4.78 is 5.06. The van der Waals surface area contributed by atoms with Crippen LogP contribution in [0.15, 0.2) is 71.3 Å². The summed E-state index contributed by atoms with van der Waals surface area (Å²) in [5, 5.41) is 10.3. The van der Waals surface area contributed by atoms with Crippen LogP contribution in [-0.4, -0.2) is 30.2 Å². The molecule has 0 spiro atoms. The Balaban J connectivity index is 1.43. The molecule has 3 aromatic rings. The zero-order valence-corrected chi connectivity index (χ0v) is 16.5. The van der Waals surface area contributed by atoms with Crippen molar-refractivity contribution < 1.29 is 9.32 Å². The van der Waals surface area contributed by atoms with Crippen LogP contribution in [0.5, 0.6) is 0 Å². The molecule has 150 valence electrons. The van der Waals surface area contributed by atoms with Crippen LogP contribution in [-0.2, 0) is 4.79 Å². The van der Waals surface area contributed by atoms with Crippen molar-refractivity contribution >= 4 is 17.4 Å². The number of nitrogens with zero attached hydrogens (tertiary/aromatic N) is 2. The highest BCUT2D eigenvalue weighted by atomic mass is 16.5. The average Bonchev–Trinajstić information content (AvgIpc) is 3.18. The second-order valence-corrected chi connectivity index (χ2v) is 7.42. The van der Waals surface area contributed by atoms with Crippen LogP contribution in [0.2, 0.25) is 0 Å². The largest absolute Gasteiger partial charge is 0.371 e. The number of benzene rings is 2. The second kappa shape index (κ2) is 8.92. The monoisotopic (exact) mass is 390 g/mol. The molecule has 1 saturated heterocycles. The summed E-state index contributed by atoms with van der Waals surface area (Å²) in [6, 6.07) is 21.8. The standard InChI is InChI=1S/C23H26N4O2/c1-17-16-21(26-29-17)25-23(28)22(18-8-4-2-5-9-18)24-19-12-14-27(15-13-19)20-10-6-3-7-11-20/h2-11,16,19,22,24H,12-15H2,1H3,(H,25,26,28). The van der Waals surface area contributed by atoms with Crippen LogP contribution >= 0.6 is 0 Å². The van der Waals surface area contributed by atoms with Crippen molar-refractivity contribution in [3.05, 3.63) is 78.1 Å². The first kappa shape index (κ1) is 19.2. The number of hydrogen-bond acceptors (Lipinski definition) is 5. The van der Waals surface area contributed by atoms with Gasteiger partial charge in [-0.1, -0.05) is 53.7 Å². The number of piperidine rings is 1. The van der Waals surface area contributed by atoms with Gasteiger partial charge in [-0.15, -0.1) is 0 Å². The van der Waals surface area contributed by atoms with Gasteiger partial charge in [0.2, 0.25) is 5.91 Å². The molecule has 1 aromatic heterocycles. The fourth-order valence-electron chi connectivity index (χ4n) is 3.77. The lowest BCUT2D eigenvalue weighted by Gasteiger charge is -2.35. The Labute approximate surface area is 170 Å². The van der Waals surface area contributed by atoms with Crippen molar-refractivity contribution in [2.24, 2.45) is 0 Å². The van der Waals surface area contributed by atoms with Crippen LogP contribution in [0.25, 0.3) is 0 Å². The fourth-order valence-corrected chi connectivity index (χ4v) is 3.77. The third-order valence-corrected chi connectivity index (χ3v) is 5.29. The van der Waals surface area contributed by atoms with Gasteiger partial charge >= 0.3 is 0 Å². The van der Waals surface area contributed by atoms with E-state index in [9.17, 15) is 4.79 Å². The van der Waals surface area contributed by atoms with Gasteiger partial charge in [0.1, 0.15) is 11.8 Å². The topological polar surface area (TPSA) is 70.4 Å². The third kappa shape index (κ3) is 4.84. The Hall–Kier alpha value is -3.12. The quantitative estimate of drug-likeness (QED) is 0.668. The van der Waals surface area contributed by atoms with Crippen molar-refractivity contribution in [1.29, 1.82) is 0 Å². The Morgan fingerprint density at radius 1 is 1.07 bits per heavy atom. The van der Waals surface area contributed by atoms with Crippen molar-refractivity contribution in [1.82, 2.24) is 10.5 Å². The van der Waals surface area contributed by atoms with E-state index in [0.29, 0.717) is 11.6 Å². The average molecular weight is 390 g/mol. The zero-order chi connectivity index (χ0) is 20.1. The molecule has 0 aliphatic carbocycles. The first-order valence-electron chi connectivity index (χ1n) is 10.0. The number of carbonyl (C=O) groups is 1. The number of anilines is 2. The van der Waals surface area contributed by atoms with E-state index < -0.39 is 6.04 Å². The van der Waals surface area contributed by atoms with E-state index >= 15 is 0 Å². The minimum absolute atomic E-state index is 0.130. The number of carbonyl (C=O) groups excluding carboxylic acids is 1. The molecule has 0 bridgehead atoms. The predicted octanol–water partition coefficient (Wildman–Crippen LogP) is 3.92. The minimum Gasteiger partial charge on any atom is -0.371 e. The number of aromatic nitrogens is 1. The Bertz CT molecular complexity index is 918. The van der Waals surface area contributed by atoms with E-state index in [4.69, 9.17) is 4.52 Å². The van der Waals surface area contributed by atoms with E-state index in [1.807, 2.05) is 36.4 Å². The first-order valence-corrected chi connectivity index (χ1v) is 10.0. The van der Waals surface area contributed by atoms with Crippen LogP contribution in [0.4, 0.5) is 11.5 Å². The summed E-state index contributed by atoms with van der Waals surface area (Å²) in [6.07, 6.45) is 1.96. The SMILES string of the molecule is Cc1cc(NC(=O)C(NC2CCN(c3ccccc3)CC2)c2ccccc2)no1. The number of rotatable bonds is 6. The molecule has 6 nitrogen and oxygen atoms in total. The fraction of sp³-hybridized carbons (Fsp3) is 0.304. The van der Waals surface area contributed by atoms with Gasteiger partial charge in [-0.25, -0.2) is 0 Å². The van der Waals surface area contributed by atoms with Crippen molar-refractivity contribution in [2.75, 3.05) is 23.3 Å². The van der Waals surface area contributed by atoms with Crippen molar-refractivity contribution in [3.63, 3.8) is 0 Å². The molecule has 1 unspecified atom stereocenters. The van der Waals surface area contributed by atoms with E-state index in [1.54, 1.807) is 13.0 Å². The maximum absolute atomic E-state index is 13.0. The maximum atomic E-state index is 13.0. The maximum Gasteiger partial charge on any atom is 0.247 e. The molecule has 0 radical (unpaired) electrons. The molecule has 2 N–H and O–H groups in total. The number of nitrogens with one attached hydrogen (secondary N) is 2. The number of hydrogen-bond donors (Lipinski definition) is 2. The van der Waals surface area contributed by atoms with Crippen molar-refractivity contribution in [3.8, 4) is 0 Å². The highest BCUT2D eigenvalue weighted by Gasteiger charge is 2.27. The molecule has 6 heteroatoms. The summed E-state index contributed by atoms with van der Waals surface area (Å²) in [5.74, 6) is 0.974. The molecule has 29 heavy (non-hydrogen) atoms. The highest BCUT2D eigenvalue weighted by Crippen LogP contribution is 2.23. The van der Waals surface area contributed by atoms with Gasteiger partial charge in [0.05, 0.1) is 0 Å². The van der Waals surface area contributed by atoms with E-state index in [0.717, 1.165) is 31.5 Å². The molecule has 2 heterocycles. The van der Waals surface area contributed by atoms with Crippen molar-refractivity contribution in [2.45, 2.75) is 31.8 Å². The third-order valence-electron chi connectivity index (χ3n) is 5.29. The number of aryl methyl sites for hydroxylation is 1. The highest BCUT2D eigenvalue weighted by molar-refractivity contribution is 5.94. The normalized spacial score (nSPS) is 15.8. The molecular weight excluding hydrogens is 364 g/mol. The summed E-state index contributed by atoms with van der Waals surface area (Å²) in [6.45, 7) is 3.73. The summed E-state index contributed by atoms with van der Waals surface area (Å²) in [7, 11) is 0. The Kier molecular flexibility index (Phi) is 5.91. The molecule has 1 amide bonds. The van der Waals surface area contributed by atoms with Gasteiger partial charge in [0.15, 0.2) is 5.82 Å². The van der Waals surface area contributed by atoms with Crippen LogP contribution in [0, 0.1) is 6.92 Å². The van der Waals surface area contributed by atoms with Crippen LogP contribution in [0.1, 0.15) is 30.2 Å². The molecular formula is C23H26N4O2. The Morgan fingerprint density at radius 2 is 1.72 bits per heavy atom. The lowest BCUT2D eigenvalue weighted by Crippen LogP contribution is -2.46. The van der Waals surface area contributed by atoms with Crippen LogP contribution in [0.3, 0.4) is 0 Å². The molecule has 1 aliphatic rings. The zero-order valence-electron chi connectivity index (χ0n) is 16.5. The molecule has 0 saturated carbocycles. The minimum atomic E-state index is -0.443. The number of amides is 1. The van der Waals surface area contributed by atoms with Gasteiger partial charge in [-0.2, -0.15) is 0 Å². The smallest absolute Gasteiger partial charge is 0.247 e. The van der Waals surface area contributed by atoms with Gasteiger partial charge < -0.3 is 14.7 Å². The van der Waals surface area contributed by atoms with E-state index in [1.165, 1.54) is 5.69 Å². The summed E-state index contributed by atoms with van der Waals surface area (Å²) >= 11 is 0. The second-order valence-electron chi connectivity index (χ2n) is 7.42. The lowest BCUT2D eigenvalue weighted by atomic mass is 9.99. The van der Waals surface area contributed by atoms with Crippen LogP contribution < -0.4 is 15.5 Å². The molecule has 2 aromatic carbocycles. The van der Waals surface area contributed by atoms with E-state index in [2.05, 4.69) is 45.0 Å². The lowest BCUT2D eigenvalue weighted by molar-refractivity contribution is -0.118. The van der Waals surface area contributed by atoms with E-state index in [-0.39, 0.29) is 11.9 Å². The van der Waals surface area contributed by atoms with Gasteiger partial charge in [-0.3, -0.25) is 10.1 Å². The first-order chi connectivity index (χ1) is 14.2. The molecule has 4 rings (SSSR count). The predicted molar refractivity (Wildman–Crippen MR) is 114 cm³/mol. The molecule has 1 atom stereocenters. The van der Waals surface area contributed by atoms with Gasteiger partial charge in [0.25, 0.3) is 0 Å². The Morgan fingerprint density at radius 3 is 2.34 bits per heavy atom. The van der Waals surface area contributed by atoms with Gasteiger partial charge in [-0.05, 0) is 37.5 Å². The number of para-hydroxylation sites is 1. The molecule has 1 aliphatic heterocycles. The van der Waals surface area contributed by atoms with Gasteiger partial charge in [0, 0.05) is 30.9 Å². The molecule has 1 fully saturated rings.